The molecule has 0 aliphatic carbocycles. The Bertz CT molecular complexity index is 625. The van der Waals surface area contributed by atoms with Crippen LogP contribution < -0.4 is 10.6 Å². The quantitative estimate of drug-likeness (QED) is 0.783. The van der Waals surface area contributed by atoms with E-state index in [4.69, 9.17) is 0 Å². The summed E-state index contributed by atoms with van der Waals surface area (Å²) in [6, 6.07) is 5.45. The highest BCUT2D eigenvalue weighted by molar-refractivity contribution is 7.91. The van der Waals surface area contributed by atoms with Gasteiger partial charge in [-0.2, -0.15) is 8.78 Å². The summed E-state index contributed by atoms with van der Waals surface area (Å²) in [5, 5.41) is 5.43. The SMILES string of the molecule is CC(C)(C)C(=O)NCCNc1ccccc1S(=O)(=O)C(F)F. The maximum atomic E-state index is 12.6. The Balaban J connectivity index is 2.71. The fourth-order valence-corrected chi connectivity index (χ4v) is 2.50. The molecule has 0 aliphatic rings. The molecule has 124 valence electrons. The van der Waals surface area contributed by atoms with Crippen molar-refractivity contribution in [1.82, 2.24) is 5.32 Å². The smallest absolute Gasteiger partial charge is 0.341 e. The van der Waals surface area contributed by atoms with Gasteiger partial charge in [0.2, 0.25) is 15.7 Å². The Hall–Kier alpha value is -1.70. The molecule has 0 aromatic heterocycles. The minimum absolute atomic E-state index is 0.0906. The van der Waals surface area contributed by atoms with Crippen LogP contribution in [0, 0.1) is 5.41 Å². The molecule has 0 unspecified atom stereocenters. The van der Waals surface area contributed by atoms with E-state index in [-0.39, 0.29) is 24.7 Å². The zero-order chi connectivity index (χ0) is 17.0. The Kier molecular flexibility index (Phi) is 5.87. The first-order valence-corrected chi connectivity index (χ1v) is 8.24. The fraction of sp³-hybridized carbons (Fsp3) is 0.500. The number of hydrogen-bond acceptors (Lipinski definition) is 4. The number of halogens is 2. The maximum Gasteiger partial charge on any atom is 0.341 e. The number of anilines is 1. The molecule has 0 aliphatic heterocycles. The highest BCUT2D eigenvalue weighted by Crippen LogP contribution is 2.25. The topological polar surface area (TPSA) is 75.3 Å². The average Bonchev–Trinajstić information content (AvgIpc) is 2.42. The minimum atomic E-state index is -4.67. The zero-order valence-corrected chi connectivity index (χ0v) is 13.5. The van der Waals surface area contributed by atoms with Gasteiger partial charge in [-0.25, -0.2) is 8.42 Å². The number of nitrogens with one attached hydrogen (secondary N) is 2. The van der Waals surface area contributed by atoms with Crippen molar-refractivity contribution in [3.8, 4) is 0 Å². The molecule has 22 heavy (non-hydrogen) atoms. The lowest BCUT2D eigenvalue weighted by atomic mass is 9.96. The number of sulfone groups is 1. The van der Waals surface area contributed by atoms with Crippen molar-refractivity contribution in [2.75, 3.05) is 18.4 Å². The summed E-state index contributed by atoms with van der Waals surface area (Å²) in [6.45, 7) is 5.76. The first kappa shape index (κ1) is 18.3. The van der Waals surface area contributed by atoms with Crippen LogP contribution >= 0.6 is 0 Å². The molecule has 5 nitrogen and oxygen atoms in total. The average molecular weight is 334 g/mol. The van der Waals surface area contributed by atoms with E-state index in [1.54, 1.807) is 26.8 Å². The number of alkyl halides is 2. The van der Waals surface area contributed by atoms with Gasteiger partial charge in [-0.3, -0.25) is 4.79 Å². The predicted octanol–water partition coefficient (Wildman–Crippen LogP) is 2.26. The molecule has 0 radical (unpaired) electrons. The second-order valence-corrected chi connectivity index (χ2v) is 7.62. The van der Waals surface area contributed by atoms with Crippen LogP contribution in [0.5, 0.6) is 0 Å². The molecule has 0 fully saturated rings. The lowest BCUT2D eigenvalue weighted by molar-refractivity contribution is -0.128. The minimum Gasteiger partial charge on any atom is -0.382 e. The Labute approximate surface area is 129 Å². The molecular weight excluding hydrogens is 314 g/mol. The van der Waals surface area contributed by atoms with Gasteiger partial charge >= 0.3 is 5.76 Å². The van der Waals surface area contributed by atoms with Gasteiger partial charge in [-0.15, -0.1) is 0 Å². The van der Waals surface area contributed by atoms with Crippen LogP contribution in [0.1, 0.15) is 20.8 Å². The molecule has 0 saturated heterocycles. The molecule has 0 spiro atoms. The van der Waals surface area contributed by atoms with E-state index in [1.807, 2.05) is 0 Å². The third-order valence-corrected chi connectivity index (χ3v) is 4.27. The number of benzene rings is 1. The predicted molar refractivity (Wildman–Crippen MR) is 80.6 cm³/mol. The molecule has 1 rings (SSSR count). The largest absolute Gasteiger partial charge is 0.382 e. The van der Waals surface area contributed by atoms with Crippen molar-refractivity contribution in [3.63, 3.8) is 0 Å². The van der Waals surface area contributed by atoms with Gasteiger partial charge in [0.1, 0.15) is 0 Å². The highest BCUT2D eigenvalue weighted by Gasteiger charge is 2.28. The molecule has 2 N–H and O–H groups in total. The van der Waals surface area contributed by atoms with E-state index in [9.17, 15) is 22.0 Å². The summed E-state index contributed by atoms with van der Waals surface area (Å²) in [4.78, 5) is 11.2. The van der Waals surface area contributed by atoms with Gasteiger partial charge in [0.05, 0.1) is 10.6 Å². The number of carbonyl (C=O) groups is 1. The standard InChI is InChI=1S/C14H20F2N2O3S/c1-14(2,3)12(19)18-9-8-17-10-6-4-5-7-11(10)22(20,21)13(15)16/h4-7,13,17H,8-9H2,1-3H3,(H,18,19). The fourth-order valence-electron chi connectivity index (χ4n) is 1.60. The van der Waals surface area contributed by atoms with E-state index in [1.165, 1.54) is 12.1 Å². The van der Waals surface area contributed by atoms with Crippen molar-refractivity contribution < 1.29 is 22.0 Å². The van der Waals surface area contributed by atoms with Gasteiger partial charge in [-0.1, -0.05) is 32.9 Å². The number of carbonyl (C=O) groups excluding carboxylic acids is 1. The van der Waals surface area contributed by atoms with E-state index < -0.39 is 25.9 Å². The molecule has 0 saturated carbocycles. The Morgan fingerprint density at radius 2 is 1.77 bits per heavy atom. The van der Waals surface area contributed by atoms with E-state index in [2.05, 4.69) is 10.6 Å². The summed E-state index contributed by atoms with van der Waals surface area (Å²) >= 11 is 0. The highest BCUT2D eigenvalue weighted by atomic mass is 32.2. The third-order valence-electron chi connectivity index (χ3n) is 2.84. The number of rotatable bonds is 6. The van der Waals surface area contributed by atoms with Crippen LogP contribution in [0.3, 0.4) is 0 Å². The molecule has 0 atom stereocenters. The first-order chi connectivity index (χ1) is 10.1. The van der Waals surface area contributed by atoms with Crippen molar-refractivity contribution >= 4 is 21.4 Å². The van der Waals surface area contributed by atoms with Gasteiger partial charge in [-0.05, 0) is 12.1 Å². The molecule has 0 heterocycles. The van der Waals surface area contributed by atoms with E-state index >= 15 is 0 Å². The van der Waals surface area contributed by atoms with Crippen molar-refractivity contribution in [1.29, 1.82) is 0 Å². The van der Waals surface area contributed by atoms with Gasteiger partial charge in [0.15, 0.2) is 0 Å². The molecular formula is C14H20F2N2O3S. The molecule has 1 aromatic rings. The van der Waals surface area contributed by atoms with Crippen LogP contribution in [0.4, 0.5) is 14.5 Å². The van der Waals surface area contributed by atoms with Gasteiger partial charge in [0, 0.05) is 18.5 Å². The third kappa shape index (κ3) is 4.66. The number of amides is 1. The van der Waals surface area contributed by atoms with Crippen LogP contribution in [-0.2, 0) is 14.6 Å². The molecule has 0 bridgehead atoms. The van der Waals surface area contributed by atoms with E-state index in [0.717, 1.165) is 6.07 Å². The molecule has 1 amide bonds. The van der Waals surface area contributed by atoms with Crippen molar-refractivity contribution in [2.24, 2.45) is 5.41 Å². The lowest BCUT2D eigenvalue weighted by Crippen LogP contribution is -2.37. The molecule has 8 heteroatoms. The summed E-state index contributed by atoms with van der Waals surface area (Å²) in [6.07, 6.45) is 0. The van der Waals surface area contributed by atoms with Crippen molar-refractivity contribution in [3.05, 3.63) is 24.3 Å². The number of para-hydroxylation sites is 1. The van der Waals surface area contributed by atoms with Gasteiger partial charge in [0.25, 0.3) is 0 Å². The lowest BCUT2D eigenvalue weighted by Gasteiger charge is -2.18. The number of hydrogen-bond donors (Lipinski definition) is 2. The zero-order valence-electron chi connectivity index (χ0n) is 12.7. The Morgan fingerprint density at radius 1 is 1.18 bits per heavy atom. The molecule has 1 aromatic carbocycles. The summed E-state index contributed by atoms with van der Waals surface area (Å²) in [5.74, 6) is -3.63. The van der Waals surface area contributed by atoms with Crippen molar-refractivity contribution in [2.45, 2.75) is 31.4 Å². The second kappa shape index (κ2) is 7.04. The first-order valence-electron chi connectivity index (χ1n) is 6.70. The summed E-state index contributed by atoms with van der Waals surface area (Å²) in [5.41, 5.74) is -0.440. The summed E-state index contributed by atoms with van der Waals surface area (Å²) < 4.78 is 48.4. The van der Waals surface area contributed by atoms with Crippen LogP contribution in [0.2, 0.25) is 0 Å². The monoisotopic (exact) mass is 334 g/mol. The Morgan fingerprint density at radius 3 is 2.32 bits per heavy atom. The van der Waals surface area contributed by atoms with Gasteiger partial charge < -0.3 is 10.6 Å². The van der Waals surface area contributed by atoms with Crippen LogP contribution in [-0.4, -0.2) is 33.2 Å². The van der Waals surface area contributed by atoms with Crippen LogP contribution in [0.15, 0.2) is 29.2 Å². The second-order valence-electron chi connectivity index (χ2n) is 5.73. The van der Waals surface area contributed by atoms with Crippen LogP contribution in [0.25, 0.3) is 0 Å². The maximum absolute atomic E-state index is 12.6. The van der Waals surface area contributed by atoms with E-state index in [0.29, 0.717) is 0 Å². The summed E-state index contributed by atoms with van der Waals surface area (Å²) in [7, 11) is -4.67. The normalized spacial score (nSPS) is 12.3.